The normalized spacial score (nSPS) is 10.2. The zero-order valence-corrected chi connectivity index (χ0v) is 18.1. The maximum atomic E-state index is 14.5. The monoisotopic (exact) mass is 466 g/mol. The van der Waals surface area contributed by atoms with Crippen LogP contribution in [0, 0.1) is 5.82 Å². The highest BCUT2D eigenvalue weighted by molar-refractivity contribution is 6.04. The number of benzene rings is 2. The summed E-state index contributed by atoms with van der Waals surface area (Å²) < 4.78 is 21.4. The molecule has 0 aliphatic heterocycles. The lowest BCUT2D eigenvalue weighted by molar-refractivity contribution is 0.102. The van der Waals surface area contributed by atoms with E-state index < -0.39 is 17.3 Å². The first-order valence-electron chi connectivity index (χ1n) is 9.73. The van der Waals surface area contributed by atoms with Crippen LogP contribution in [0.4, 0.5) is 15.9 Å². The van der Waals surface area contributed by atoms with Gasteiger partial charge in [-0.2, -0.15) is 0 Å². The molecule has 9 heteroatoms. The number of rotatable bonds is 6. The van der Waals surface area contributed by atoms with Gasteiger partial charge in [0.2, 0.25) is 0 Å². The maximum absolute atomic E-state index is 14.5. The molecule has 168 valence electrons. The van der Waals surface area contributed by atoms with Gasteiger partial charge >= 0.3 is 0 Å². The summed E-state index contributed by atoms with van der Waals surface area (Å²) in [5.41, 5.74) is 6.22. The first-order chi connectivity index (χ1) is 15.5. The highest BCUT2D eigenvalue weighted by Crippen LogP contribution is 2.27. The van der Waals surface area contributed by atoms with Gasteiger partial charge in [0, 0.05) is 30.2 Å². The minimum Gasteiger partial charge on any atom is -0.454 e. The summed E-state index contributed by atoms with van der Waals surface area (Å²) in [6.07, 6.45) is 3.06. The molecule has 0 unspecified atom stereocenters. The van der Waals surface area contributed by atoms with Crippen molar-refractivity contribution in [1.29, 1.82) is 0 Å². The van der Waals surface area contributed by atoms with Gasteiger partial charge in [-0.05, 0) is 35.9 Å². The van der Waals surface area contributed by atoms with E-state index in [1.54, 1.807) is 18.3 Å². The second kappa shape index (κ2) is 10.4. The summed E-state index contributed by atoms with van der Waals surface area (Å²) in [5, 5.41) is 2.55. The van der Waals surface area contributed by atoms with Crippen molar-refractivity contribution < 1.29 is 13.9 Å². The lowest BCUT2D eigenvalue weighted by Gasteiger charge is -2.11. The Morgan fingerprint density at radius 2 is 1.85 bits per heavy atom. The van der Waals surface area contributed by atoms with Crippen molar-refractivity contribution in [2.24, 2.45) is 0 Å². The number of carbonyl (C=O) groups is 1. The Morgan fingerprint density at radius 3 is 2.58 bits per heavy atom. The minimum absolute atomic E-state index is 0. The smallest absolute Gasteiger partial charge is 0.263 e. The van der Waals surface area contributed by atoms with Crippen molar-refractivity contribution in [3.8, 4) is 11.5 Å². The van der Waals surface area contributed by atoms with E-state index in [1.807, 2.05) is 30.3 Å². The van der Waals surface area contributed by atoms with Gasteiger partial charge in [-0.15, -0.1) is 12.4 Å². The molecule has 0 aliphatic rings. The molecule has 3 N–H and O–H groups in total. The number of anilines is 2. The van der Waals surface area contributed by atoms with Gasteiger partial charge in [0.25, 0.3) is 11.5 Å². The van der Waals surface area contributed by atoms with E-state index in [9.17, 15) is 14.0 Å². The van der Waals surface area contributed by atoms with Crippen molar-refractivity contribution in [3.63, 3.8) is 0 Å². The Hall–Kier alpha value is -4.17. The number of aromatic nitrogens is 2. The number of halogens is 2. The molecule has 0 saturated heterocycles. The third-order valence-electron chi connectivity index (χ3n) is 4.63. The standard InChI is InChI=1S/C24H19FN4O3.ClH/c25-20-13-17(8-9-21(20)32-18-10-11-27-22(26)14-18)28-23(30)19-7-4-12-29(24(19)31)15-16-5-2-1-3-6-16;/h1-14H,15H2,(H2,26,27)(H,28,30);1H. The Morgan fingerprint density at radius 1 is 1.06 bits per heavy atom. The fraction of sp³-hybridized carbons (Fsp3) is 0.0417. The zero-order valence-electron chi connectivity index (χ0n) is 17.3. The zero-order chi connectivity index (χ0) is 22.5. The molecule has 0 saturated carbocycles. The van der Waals surface area contributed by atoms with Crippen molar-refractivity contribution in [2.45, 2.75) is 6.54 Å². The van der Waals surface area contributed by atoms with E-state index in [1.165, 1.54) is 35.0 Å². The summed E-state index contributed by atoms with van der Waals surface area (Å²) in [6.45, 7) is 0.334. The molecule has 0 atom stereocenters. The van der Waals surface area contributed by atoms with Gasteiger partial charge in [-0.1, -0.05) is 30.3 Å². The van der Waals surface area contributed by atoms with E-state index in [-0.39, 0.29) is 35.2 Å². The second-order valence-electron chi connectivity index (χ2n) is 6.96. The molecule has 0 radical (unpaired) electrons. The number of nitrogens with one attached hydrogen (secondary N) is 1. The van der Waals surface area contributed by atoms with Crippen LogP contribution in [0.25, 0.3) is 0 Å². The summed E-state index contributed by atoms with van der Waals surface area (Å²) in [4.78, 5) is 29.3. The number of pyridine rings is 2. The number of amides is 1. The topological polar surface area (TPSA) is 99.2 Å². The molecule has 2 heterocycles. The predicted molar refractivity (Wildman–Crippen MR) is 127 cm³/mol. The number of hydrogen-bond acceptors (Lipinski definition) is 5. The first-order valence-corrected chi connectivity index (χ1v) is 9.73. The molecular formula is C24H20ClFN4O3. The van der Waals surface area contributed by atoms with Gasteiger partial charge in [-0.3, -0.25) is 9.59 Å². The SMILES string of the molecule is Cl.Nc1cc(Oc2ccc(NC(=O)c3cccn(Cc4ccccc4)c3=O)cc2F)ccn1. The molecule has 0 aliphatic carbocycles. The molecule has 0 bridgehead atoms. The average molecular weight is 467 g/mol. The third kappa shape index (κ3) is 5.75. The fourth-order valence-electron chi connectivity index (χ4n) is 3.09. The molecule has 0 fully saturated rings. The van der Waals surface area contributed by atoms with E-state index in [4.69, 9.17) is 10.5 Å². The number of nitrogens with zero attached hydrogens (tertiary/aromatic N) is 2. The van der Waals surface area contributed by atoms with E-state index in [0.717, 1.165) is 11.6 Å². The van der Waals surface area contributed by atoms with Crippen LogP contribution in [-0.4, -0.2) is 15.5 Å². The largest absolute Gasteiger partial charge is 0.454 e. The Bertz CT molecular complexity index is 1330. The van der Waals surface area contributed by atoms with Crippen molar-refractivity contribution in [2.75, 3.05) is 11.1 Å². The van der Waals surface area contributed by atoms with Crippen LogP contribution >= 0.6 is 12.4 Å². The van der Waals surface area contributed by atoms with E-state index in [0.29, 0.717) is 12.3 Å². The lowest BCUT2D eigenvalue weighted by Crippen LogP contribution is -2.29. The molecule has 1 amide bonds. The molecule has 4 aromatic rings. The van der Waals surface area contributed by atoms with Crippen LogP contribution in [0.3, 0.4) is 0 Å². The van der Waals surface area contributed by atoms with Crippen molar-refractivity contribution in [3.05, 3.63) is 112 Å². The Labute approximate surface area is 195 Å². The number of carbonyl (C=O) groups excluding carboxylic acids is 1. The van der Waals surface area contributed by atoms with Crippen LogP contribution in [0.1, 0.15) is 15.9 Å². The molecule has 2 aromatic carbocycles. The highest BCUT2D eigenvalue weighted by atomic mass is 35.5. The molecule has 2 aromatic heterocycles. The van der Waals surface area contributed by atoms with Gasteiger partial charge in [0.1, 0.15) is 17.1 Å². The Balaban J connectivity index is 0.00000306. The Kier molecular flexibility index (Phi) is 7.42. The molecule has 33 heavy (non-hydrogen) atoms. The summed E-state index contributed by atoms with van der Waals surface area (Å²) in [5.74, 6) is -0.789. The van der Waals surface area contributed by atoms with Crippen LogP contribution in [0.5, 0.6) is 11.5 Å². The quantitative estimate of drug-likeness (QED) is 0.436. The summed E-state index contributed by atoms with van der Waals surface area (Å²) in [7, 11) is 0. The molecular weight excluding hydrogens is 447 g/mol. The fourth-order valence-corrected chi connectivity index (χ4v) is 3.09. The molecule has 0 spiro atoms. The van der Waals surface area contributed by atoms with Gasteiger partial charge in [0.15, 0.2) is 11.6 Å². The minimum atomic E-state index is -0.687. The van der Waals surface area contributed by atoms with Crippen molar-refractivity contribution >= 4 is 29.8 Å². The third-order valence-corrected chi connectivity index (χ3v) is 4.63. The maximum Gasteiger partial charge on any atom is 0.263 e. The van der Waals surface area contributed by atoms with Crippen LogP contribution in [0.2, 0.25) is 0 Å². The average Bonchev–Trinajstić information content (AvgIpc) is 2.78. The van der Waals surface area contributed by atoms with Crippen LogP contribution in [-0.2, 0) is 6.54 Å². The summed E-state index contributed by atoms with van der Waals surface area (Å²) in [6, 6.07) is 19.5. The van der Waals surface area contributed by atoms with Crippen molar-refractivity contribution in [1.82, 2.24) is 9.55 Å². The lowest BCUT2D eigenvalue weighted by atomic mass is 10.2. The highest BCUT2D eigenvalue weighted by Gasteiger charge is 2.14. The van der Waals surface area contributed by atoms with E-state index in [2.05, 4.69) is 10.3 Å². The molecule has 4 rings (SSSR count). The van der Waals surface area contributed by atoms with Gasteiger partial charge in [0.05, 0.1) is 6.54 Å². The first kappa shape index (κ1) is 23.5. The second-order valence-corrected chi connectivity index (χ2v) is 6.96. The van der Waals surface area contributed by atoms with Gasteiger partial charge in [-0.25, -0.2) is 9.37 Å². The van der Waals surface area contributed by atoms with Crippen LogP contribution in [0.15, 0.2) is 90.0 Å². The summed E-state index contributed by atoms with van der Waals surface area (Å²) >= 11 is 0. The number of nitrogens with two attached hydrogens (primary N) is 1. The van der Waals surface area contributed by atoms with E-state index >= 15 is 0 Å². The molecule has 7 nitrogen and oxygen atoms in total. The predicted octanol–water partition coefficient (Wildman–Crippen LogP) is 4.48. The number of hydrogen-bond donors (Lipinski definition) is 2. The van der Waals surface area contributed by atoms with Crippen LogP contribution < -0.4 is 21.3 Å². The number of ether oxygens (including phenoxy) is 1. The van der Waals surface area contributed by atoms with Gasteiger partial charge < -0.3 is 20.4 Å². The number of nitrogen functional groups attached to an aromatic ring is 1.